The van der Waals surface area contributed by atoms with Crippen molar-refractivity contribution < 1.29 is 45.8 Å². The van der Waals surface area contributed by atoms with Gasteiger partial charge in [0.15, 0.2) is 0 Å². The lowest BCUT2D eigenvalue weighted by Gasteiger charge is -2.36. The van der Waals surface area contributed by atoms with Crippen LogP contribution >= 0.6 is 0 Å². The van der Waals surface area contributed by atoms with E-state index >= 15 is 0 Å². The van der Waals surface area contributed by atoms with Gasteiger partial charge in [-0.1, -0.05) is 6.92 Å². The third kappa shape index (κ3) is 3.26. The minimum atomic E-state index is -6.13. The molecule has 0 atom stereocenters. The summed E-state index contributed by atoms with van der Waals surface area (Å²) in [5, 5.41) is 10.1. The largest absolute Gasteiger partial charge is 0.550 e. The van der Waals surface area contributed by atoms with E-state index in [1.165, 1.54) is 0 Å². The molecule has 0 fully saturated rings. The Morgan fingerprint density at radius 1 is 1.06 bits per heavy atom. The van der Waals surface area contributed by atoms with Gasteiger partial charge in [0, 0.05) is 18.8 Å². The number of ether oxygens (including phenoxy) is 1. The van der Waals surface area contributed by atoms with Gasteiger partial charge in [-0.05, 0) is 0 Å². The zero-order chi connectivity index (χ0) is 14.8. The highest BCUT2D eigenvalue weighted by molar-refractivity contribution is 5.72. The van der Waals surface area contributed by atoms with E-state index in [1.54, 1.807) is 0 Å². The second kappa shape index (κ2) is 5.02. The quantitative estimate of drug-likeness (QED) is 0.568. The highest BCUT2D eigenvalue weighted by atomic mass is 19.4. The standard InChI is InChI=1S/C8H8F6O4/c1-2-5(17)18-6(3-4(15)16,7(9,10)11)8(12,13)14/h2-3H2,1H3,(H,15,16)/p-1. The van der Waals surface area contributed by atoms with Crippen molar-refractivity contribution in [1.82, 2.24) is 0 Å². The number of alkyl halides is 6. The van der Waals surface area contributed by atoms with Crippen molar-refractivity contribution >= 4 is 11.9 Å². The molecular weight excluding hydrogens is 274 g/mol. The Labute approximate surface area is 96.5 Å². The number of carboxylic acid groups (broad SMARTS) is 1. The summed E-state index contributed by atoms with van der Waals surface area (Å²) < 4.78 is 78.0. The molecule has 0 saturated carbocycles. The van der Waals surface area contributed by atoms with Gasteiger partial charge in [0.05, 0.1) is 0 Å². The average molecular weight is 281 g/mol. The molecule has 0 aliphatic rings. The van der Waals surface area contributed by atoms with Gasteiger partial charge in [-0.2, -0.15) is 26.3 Å². The van der Waals surface area contributed by atoms with Crippen molar-refractivity contribution in [3.05, 3.63) is 0 Å². The number of carboxylic acids is 1. The molecule has 0 amide bonds. The number of hydrogen-bond acceptors (Lipinski definition) is 4. The summed E-state index contributed by atoms with van der Waals surface area (Å²) in [6.07, 6.45) is -15.6. The molecule has 0 unspecified atom stereocenters. The van der Waals surface area contributed by atoms with Crippen LogP contribution < -0.4 is 5.11 Å². The Hall–Kier alpha value is -1.48. The number of hydrogen-bond donors (Lipinski definition) is 0. The number of esters is 1. The molecule has 0 aliphatic heterocycles. The smallest absolute Gasteiger partial charge is 0.437 e. The molecule has 0 aromatic rings. The fraction of sp³-hybridized carbons (Fsp3) is 0.750. The lowest BCUT2D eigenvalue weighted by molar-refractivity contribution is -0.380. The van der Waals surface area contributed by atoms with E-state index in [0.29, 0.717) is 0 Å². The highest BCUT2D eigenvalue weighted by Gasteiger charge is 2.74. The van der Waals surface area contributed by atoms with Crippen molar-refractivity contribution in [2.45, 2.75) is 37.7 Å². The first-order valence-electron chi connectivity index (χ1n) is 4.42. The Balaban J connectivity index is 5.72. The monoisotopic (exact) mass is 281 g/mol. The predicted molar refractivity (Wildman–Crippen MR) is 40.8 cm³/mol. The summed E-state index contributed by atoms with van der Waals surface area (Å²) in [6, 6.07) is 0. The van der Waals surface area contributed by atoms with Crippen LogP contribution in [0.1, 0.15) is 19.8 Å². The fourth-order valence-corrected chi connectivity index (χ4v) is 0.983. The molecule has 0 saturated heterocycles. The van der Waals surface area contributed by atoms with Crippen LogP contribution in [0.4, 0.5) is 26.3 Å². The molecule has 0 N–H and O–H groups in total. The van der Waals surface area contributed by atoms with E-state index in [9.17, 15) is 41.0 Å². The second-order valence-electron chi connectivity index (χ2n) is 3.20. The van der Waals surface area contributed by atoms with Gasteiger partial charge in [0.25, 0.3) is 0 Å². The Kier molecular flexibility index (Phi) is 4.61. The number of rotatable bonds is 4. The number of aliphatic carboxylic acids is 1. The van der Waals surface area contributed by atoms with E-state index < -0.39 is 42.7 Å². The highest BCUT2D eigenvalue weighted by Crippen LogP contribution is 2.48. The predicted octanol–water partition coefficient (Wildman–Crippen LogP) is 0.943. The molecule has 106 valence electrons. The summed E-state index contributed by atoms with van der Waals surface area (Å²) in [5.74, 6) is -4.47. The molecule has 0 bridgehead atoms. The van der Waals surface area contributed by atoms with E-state index in [-0.39, 0.29) is 0 Å². The van der Waals surface area contributed by atoms with Crippen LogP contribution in [0.5, 0.6) is 0 Å². The molecule has 0 spiro atoms. The maximum absolute atomic E-state index is 12.4. The maximum Gasteiger partial charge on any atom is 0.437 e. The molecular formula is C8H7F6O4-. The third-order valence-corrected chi connectivity index (χ3v) is 1.89. The fourth-order valence-electron chi connectivity index (χ4n) is 0.983. The van der Waals surface area contributed by atoms with Gasteiger partial charge in [-0.3, -0.25) is 4.79 Å². The minimum Gasteiger partial charge on any atom is -0.550 e. The van der Waals surface area contributed by atoms with E-state index in [4.69, 9.17) is 0 Å². The molecule has 0 aliphatic carbocycles. The number of carbonyl (C=O) groups excluding carboxylic acids is 2. The molecule has 18 heavy (non-hydrogen) atoms. The zero-order valence-corrected chi connectivity index (χ0v) is 8.81. The number of halogens is 6. The van der Waals surface area contributed by atoms with Gasteiger partial charge in [0.1, 0.15) is 0 Å². The first-order valence-corrected chi connectivity index (χ1v) is 4.42. The molecule has 0 heterocycles. The van der Waals surface area contributed by atoms with Crippen LogP contribution in [0.25, 0.3) is 0 Å². The molecule has 0 aromatic heterocycles. The summed E-state index contributed by atoms with van der Waals surface area (Å²) >= 11 is 0. The maximum atomic E-state index is 12.4. The molecule has 4 nitrogen and oxygen atoms in total. The van der Waals surface area contributed by atoms with Crippen molar-refractivity contribution in [2.75, 3.05) is 0 Å². The average Bonchev–Trinajstić information content (AvgIpc) is 2.12. The van der Waals surface area contributed by atoms with Gasteiger partial charge in [-0.25, -0.2) is 0 Å². The lowest BCUT2D eigenvalue weighted by atomic mass is 9.97. The Morgan fingerprint density at radius 3 is 1.67 bits per heavy atom. The van der Waals surface area contributed by atoms with Crippen LogP contribution in [0.15, 0.2) is 0 Å². The Bertz CT molecular complexity index is 317. The van der Waals surface area contributed by atoms with Crippen molar-refractivity contribution in [1.29, 1.82) is 0 Å². The summed E-state index contributed by atoms with van der Waals surface area (Å²) in [6.45, 7) is 0.957. The summed E-state index contributed by atoms with van der Waals surface area (Å²) in [4.78, 5) is 20.7. The van der Waals surface area contributed by atoms with Crippen LogP contribution in [0, 0.1) is 0 Å². The van der Waals surface area contributed by atoms with E-state index in [1.807, 2.05) is 0 Å². The second-order valence-corrected chi connectivity index (χ2v) is 3.20. The van der Waals surface area contributed by atoms with Crippen molar-refractivity contribution in [2.24, 2.45) is 0 Å². The van der Waals surface area contributed by atoms with Crippen molar-refractivity contribution in [3.8, 4) is 0 Å². The SMILES string of the molecule is CCC(=O)OC(CC(=O)[O-])(C(F)(F)F)C(F)(F)F. The van der Waals surface area contributed by atoms with Gasteiger partial charge >= 0.3 is 23.9 Å². The van der Waals surface area contributed by atoms with Crippen LogP contribution in [-0.2, 0) is 14.3 Å². The van der Waals surface area contributed by atoms with E-state index in [2.05, 4.69) is 4.74 Å². The summed E-state index contributed by atoms with van der Waals surface area (Å²) in [5.41, 5.74) is -5.09. The Morgan fingerprint density at radius 2 is 1.44 bits per heavy atom. The van der Waals surface area contributed by atoms with Gasteiger partial charge < -0.3 is 14.6 Å². The van der Waals surface area contributed by atoms with Crippen LogP contribution in [0.3, 0.4) is 0 Å². The normalized spacial score (nSPS) is 13.3. The van der Waals surface area contributed by atoms with Crippen LogP contribution in [-0.4, -0.2) is 29.9 Å². The molecule has 0 rings (SSSR count). The lowest BCUT2D eigenvalue weighted by Crippen LogP contribution is -2.61. The van der Waals surface area contributed by atoms with Crippen LogP contribution in [0.2, 0.25) is 0 Å². The van der Waals surface area contributed by atoms with Crippen molar-refractivity contribution in [3.63, 3.8) is 0 Å². The number of carbonyl (C=O) groups is 2. The van der Waals surface area contributed by atoms with E-state index in [0.717, 1.165) is 6.92 Å². The zero-order valence-electron chi connectivity index (χ0n) is 8.81. The van der Waals surface area contributed by atoms with Gasteiger partial charge in [0.2, 0.25) is 0 Å². The molecule has 0 radical (unpaired) electrons. The molecule has 0 aromatic carbocycles. The topological polar surface area (TPSA) is 66.4 Å². The first kappa shape index (κ1) is 16.5. The minimum absolute atomic E-state index is 0.777. The first-order chi connectivity index (χ1) is 7.87. The van der Waals surface area contributed by atoms with Gasteiger partial charge in [-0.15, -0.1) is 0 Å². The molecule has 10 heteroatoms. The third-order valence-electron chi connectivity index (χ3n) is 1.89. The summed E-state index contributed by atoms with van der Waals surface area (Å²) in [7, 11) is 0.